The van der Waals surface area contributed by atoms with Crippen molar-refractivity contribution in [1.29, 1.82) is 0 Å². The highest BCUT2D eigenvalue weighted by atomic mass is 14.6. The van der Waals surface area contributed by atoms with Crippen LogP contribution in [0.15, 0.2) is 0 Å². The van der Waals surface area contributed by atoms with E-state index in [1.54, 1.807) is 12.8 Å². The lowest BCUT2D eigenvalue weighted by Gasteiger charge is -2.13. The largest absolute Gasteiger partial charge is 0.0651 e. The summed E-state index contributed by atoms with van der Waals surface area (Å²) in [7, 11) is 0. The zero-order valence-corrected chi connectivity index (χ0v) is 7.90. The smallest absolute Gasteiger partial charge is 0.0266 e. The van der Waals surface area contributed by atoms with Crippen molar-refractivity contribution in [2.45, 2.75) is 52.4 Å². The van der Waals surface area contributed by atoms with E-state index in [1.165, 1.54) is 25.7 Å². The van der Waals surface area contributed by atoms with Crippen LogP contribution >= 0.6 is 0 Å². The molecule has 2 atom stereocenters. The van der Waals surface area contributed by atoms with Crippen LogP contribution in [-0.2, 0) is 0 Å². The third-order valence-corrected chi connectivity index (χ3v) is 3.95. The maximum Gasteiger partial charge on any atom is -0.0266 e. The van der Waals surface area contributed by atoms with Crippen LogP contribution in [0.2, 0.25) is 0 Å². The fraction of sp³-hybridized carbons (Fsp3) is 1.00. The van der Waals surface area contributed by atoms with E-state index in [0.717, 1.165) is 17.3 Å². The van der Waals surface area contributed by atoms with Gasteiger partial charge in [-0.2, -0.15) is 0 Å². The Morgan fingerprint density at radius 2 is 2.00 bits per heavy atom. The van der Waals surface area contributed by atoms with Gasteiger partial charge in [0.2, 0.25) is 0 Å². The highest BCUT2D eigenvalue weighted by Crippen LogP contribution is 2.62. The lowest BCUT2D eigenvalue weighted by atomic mass is 9.92. The Bertz CT molecular complexity index is 146. The molecule has 2 aliphatic carbocycles. The Morgan fingerprint density at radius 3 is 2.36 bits per heavy atom. The lowest BCUT2D eigenvalue weighted by molar-refractivity contribution is 0.375. The Balaban J connectivity index is 1.86. The van der Waals surface area contributed by atoms with Gasteiger partial charge in [0.25, 0.3) is 0 Å². The number of hydrogen-bond acceptors (Lipinski definition) is 0. The average Bonchev–Trinajstić information content (AvgIpc) is 2.88. The molecule has 2 saturated carbocycles. The van der Waals surface area contributed by atoms with Gasteiger partial charge >= 0.3 is 0 Å². The zero-order valence-electron chi connectivity index (χ0n) is 7.90. The molecule has 2 rings (SSSR count). The number of rotatable bonds is 4. The minimum Gasteiger partial charge on any atom is -0.0651 e. The standard InChI is InChI=1S/C11H20/c1-3-10-8-11(10,4-2)7-9-5-6-9/h9-10H,3-8H2,1-2H3. The van der Waals surface area contributed by atoms with Crippen LogP contribution in [0, 0.1) is 17.3 Å². The molecule has 0 aliphatic heterocycles. The van der Waals surface area contributed by atoms with Gasteiger partial charge in [0, 0.05) is 0 Å². The second-order valence-corrected chi connectivity index (χ2v) is 4.67. The summed E-state index contributed by atoms with van der Waals surface area (Å²) in [5.41, 5.74) is 0.843. The van der Waals surface area contributed by atoms with Crippen molar-refractivity contribution in [1.82, 2.24) is 0 Å². The van der Waals surface area contributed by atoms with Gasteiger partial charge in [0.05, 0.1) is 0 Å². The van der Waals surface area contributed by atoms with E-state index < -0.39 is 0 Å². The summed E-state index contributed by atoms with van der Waals surface area (Å²) in [6.07, 6.45) is 9.08. The van der Waals surface area contributed by atoms with Crippen LogP contribution in [0.25, 0.3) is 0 Å². The van der Waals surface area contributed by atoms with Gasteiger partial charge in [-0.3, -0.25) is 0 Å². The van der Waals surface area contributed by atoms with Crippen molar-refractivity contribution < 1.29 is 0 Å². The molecular weight excluding hydrogens is 132 g/mol. The molecule has 0 aromatic heterocycles. The summed E-state index contributed by atoms with van der Waals surface area (Å²) in [6.45, 7) is 4.74. The molecule has 0 aromatic carbocycles. The first-order valence-corrected chi connectivity index (χ1v) is 5.30. The molecule has 2 unspecified atom stereocenters. The van der Waals surface area contributed by atoms with E-state index in [4.69, 9.17) is 0 Å². The fourth-order valence-corrected chi connectivity index (χ4v) is 2.73. The second-order valence-electron chi connectivity index (χ2n) is 4.67. The molecule has 0 amide bonds. The predicted octanol–water partition coefficient (Wildman–Crippen LogP) is 3.61. The SMILES string of the molecule is CCC1CC1(CC)CC1CC1. The normalized spacial score (nSPS) is 42.5. The molecule has 2 aliphatic rings. The van der Waals surface area contributed by atoms with Gasteiger partial charge in [-0.1, -0.05) is 39.5 Å². The van der Waals surface area contributed by atoms with Crippen molar-refractivity contribution in [3.05, 3.63) is 0 Å². The van der Waals surface area contributed by atoms with Crippen LogP contribution in [0.1, 0.15) is 52.4 Å². The van der Waals surface area contributed by atoms with Gasteiger partial charge in [-0.25, -0.2) is 0 Å². The van der Waals surface area contributed by atoms with Crippen LogP contribution in [0.5, 0.6) is 0 Å². The van der Waals surface area contributed by atoms with Crippen molar-refractivity contribution >= 4 is 0 Å². The molecule has 0 spiro atoms. The summed E-state index contributed by atoms with van der Waals surface area (Å²) in [6, 6.07) is 0. The van der Waals surface area contributed by atoms with Crippen LogP contribution < -0.4 is 0 Å². The minimum atomic E-state index is 0.843. The summed E-state index contributed by atoms with van der Waals surface area (Å²) in [4.78, 5) is 0. The second kappa shape index (κ2) is 2.50. The molecule has 0 nitrogen and oxygen atoms in total. The maximum atomic E-state index is 2.39. The van der Waals surface area contributed by atoms with Crippen LogP contribution in [-0.4, -0.2) is 0 Å². The van der Waals surface area contributed by atoms with Crippen LogP contribution in [0.3, 0.4) is 0 Å². The average molecular weight is 152 g/mol. The van der Waals surface area contributed by atoms with E-state index >= 15 is 0 Å². The summed E-state index contributed by atoms with van der Waals surface area (Å²) >= 11 is 0. The maximum absolute atomic E-state index is 2.39. The van der Waals surface area contributed by atoms with Gasteiger partial charge in [0.15, 0.2) is 0 Å². The predicted molar refractivity (Wildman–Crippen MR) is 48.5 cm³/mol. The van der Waals surface area contributed by atoms with Gasteiger partial charge < -0.3 is 0 Å². The molecule has 0 aromatic rings. The summed E-state index contributed by atoms with van der Waals surface area (Å²) in [5, 5.41) is 0. The topological polar surface area (TPSA) is 0 Å². The highest BCUT2D eigenvalue weighted by Gasteiger charge is 2.52. The van der Waals surface area contributed by atoms with Crippen molar-refractivity contribution in [2.75, 3.05) is 0 Å². The van der Waals surface area contributed by atoms with E-state index in [0.29, 0.717) is 0 Å². The fourth-order valence-electron chi connectivity index (χ4n) is 2.73. The Hall–Kier alpha value is 0. The van der Waals surface area contributed by atoms with Crippen LogP contribution in [0.4, 0.5) is 0 Å². The first-order valence-electron chi connectivity index (χ1n) is 5.30. The van der Waals surface area contributed by atoms with Gasteiger partial charge in [-0.15, -0.1) is 0 Å². The summed E-state index contributed by atoms with van der Waals surface area (Å²) < 4.78 is 0. The van der Waals surface area contributed by atoms with E-state index in [1.807, 2.05) is 0 Å². The van der Waals surface area contributed by atoms with Crippen molar-refractivity contribution in [2.24, 2.45) is 17.3 Å². The number of hydrogen-bond donors (Lipinski definition) is 0. The Kier molecular flexibility index (Phi) is 1.74. The molecule has 64 valence electrons. The Morgan fingerprint density at radius 1 is 1.27 bits per heavy atom. The third-order valence-electron chi connectivity index (χ3n) is 3.95. The third kappa shape index (κ3) is 1.32. The van der Waals surface area contributed by atoms with Crippen molar-refractivity contribution in [3.63, 3.8) is 0 Å². The van der Waals surface area contributed by atoms with E-state index in [9.17, 15) is 0 Å². The molecule has 0 N–H and O–H groups in total. The monoisotopic (exact) mass is 152 g/mol. The first-order chi connectivity index (χ1) is 5.30. The highest BCUT2D eigenvalue weighted by molar-refractivity contribution is 5.02. The van der Waals surface area contributed by atoms with Gasteiger partial charge in [-0.05, 0) is 30.1 Å². The van der Waals surface area contributed by atoms with E-state index in [2.05, 4.69) is 13.8 Å². The lowest BCUT2D eigenvalue weighted by Crippen LogP contribution is -2.03. The first kappa shape index (κ1) is 7.64. The quantitative estimate of drug-likeness (QED) is 0.577. The molecule has 0 heteroatoms. The molecule has 0 radical (unpaired) electrons. The molecule has 0 heterocycles. The van der Waals surface area contributed by atoms with E-state index in [-0.39, 0.29) is 0 Å². The molecular formula is C11H20. The molecule has 0 bridgehead atoms. The molecule has 0 saturated heterocycles. The minimum absolute atomic E-state index is 0.843. The molecule has 11 heavy (non-hydrogen) atoms. The van der Waals surface area contributed by atoms with Gasteiger partial charge in [0.1, 0.15) is 0 Å². The Labute approximate surface area is 70.4 Å². The zero-order chi connectivity index (χ0) is 7.90. The van der Waals surface area contributed by atoms with Crippen molar-refractivity contribution in [3.8, 4) is 0 Å². The summed E-state index contributed by atoms with van der Waals surface area (Å²) in [5.74, 6) is 2.25. The molecule has 2 fully saturated rings.